The first-order valence-corrected chi connectivity index (χ1v) is 5.91. The quantitative estimate of drug-likeness (QED) is 0.791. The van der Waals surface area contributed by atoms with Gasteiger partial charge in [0.15, 0.2) is 0 Å². The summed E-state index contributed by atoms with van der Waals surface area (Å²) in [5.74, 6) is -0.326. The zero-order chi connectivity index (χ0) is 13.5. The number of nitrogens with two attached hydrogens (primary N) is 1. The third kappa shape index (κ3) is 3.56. The van der Waals surface area contributed by atoms with Crippen LogP contribution >= 0.6 is 0 Å². The first-order chi connectivity index (χ1) is 8.62. The first-order valence-electron chi connectivity index (χ1n) is 5.91. The van der Waals surface area contributed by atoms with Crippen LogP contribution in [0.2, 0.25) is 0 Å². The summed E-state index contributed by atoms with van der Waals surface area (Å²) in [4.78, 5) is 24.9. The third-order valence-electron chi connectivity index (χ3n) is 2.72. The number of rotatable bonds is 5. The van der Waals surface area contributed by atoms with Gasteiger partial charge in [-0.2, -0.15) is 0 Å². The average molecular weight is 249 g/mol. The van der Waals surface area contributed by atoms with Gasteiger partial charge in [0.25, 0.3) is 5.91 Å². The van der Waals surface area contributed by atoms with E-state index in [2.05, 4.69) is 5.32 Å². The van der Waals surface area contributed by atoms with E-state index in [1.807, 2.05) is 19.1 Å². The minimum atomic E-state index is -0.177. The predicted octanol–water partition coefficient (Wildman–Crippen LogP) is 0.353. The van der Waals surface area contributed by atoms with Crippen LogP contribution in [-0.2, 0) is 11.3 Å². The van der Waals surface area contributed by atoms with E-state index in [1.165, 1.54) is 4.90 Å². The molecule has 1 aromatic carbocycles. The Bertz CT molecular complexity index is 415. The highest BCUT2D eigenvalue weighted by atomic mass is 16.2. The molecule has 5 heteroatoms. The number of nitrogens with one attached hydrogen (secondary N) is 1. The molecule has 0 aromatic heterocycles. The molecule has 0 bridgehead atoms. The van der Waals surface area contributed by atoms with Crippen molar-refractivity contribution in [2.24, 2.45) is 5.73 Å². The largest absolute Gasteiger partial charge is 0.358 e. The topological polar surface area (TPSA) is 75.4 Å². The molecule has 3 N–H and O–H groups in total. The number of carbonyl (C=O) groups excluding carboxylic acids is 2. The molecule has 0 saturated carbocycles. The maximum atomic E-state index is 12.1. The smallest absolute Gasteiger partial charge is 0.254 e. The molecular weight excluding hydrogens is 230 g/mol. The van der Waals surface area contributed by atoms with Crippen LogP contribution in [0.3, 0.4) is 0 Å². The number of benzene rings is 1. The van der Waals surface area contributed by atoms with Crippen molar-refractivity contribution in [3.05, 3.63) is 35.4 Å². The lowest BCUT2D eigenvalue weighted by Gasteiger charge is -2.20. The van der Waals surface area contributed by atoms with Gasteiger partial charge in [-0.1, -0.05) is 12.1 Å². The summed E-state index contributed by atoms with van der Waals surface area (Å²) in [6.45, 7) is 2.86. The molecule has 0 aliphatic rings. The monoisotopic (exact) mass is 249 g/mol. The lowest BCUT2D eigenvalue weighted by atomic mass is 10.1. The fourth-order valence-electron chi connectivity index (χ4n) is 1.55. The minimum Gasteiger partial charge on any atom is -0.358 e. The number of carbonyl (C=O) groups is 2. The average Bonchev–Trinajstić information content (AvgIpc) is 2.43. The fourth-order valence-corrected chi connectivity index (χ4v) is 1.55. The van der Waals surface area contributed by atoms with Gasteiger partial charge in [0.1, 0.15) is 0 Å². The van der Waals surface area contributed by atoms with Gasteiger partial charge in [-0.25, -0.2) is 0 Å². The molecule has 0 heterocycles. The Morgan fingerprint density at radius 3 is 2.33 bits per heavy atom. The van der Waals surface area contributed by atoms with Crippen LogP contribution in [0.15, 0.2) is 24.3 Å². The van der Waals surface area contributed by atoms with Crippen LogP contribution in [-0.4, -0.2) is 36.9 Å². The van der Waals surface area contributed by atoms with Gasteiger partial charge in [0.05, 0.1) is 6.54 Å². The molecule has 98 valence electrons. The fraction of sp³-hybridized carbons (Fsp3) is 0.385. The summed E-state index contributed by atoms with van der Waals surface area (Å²) in [5.41, 5.74) is 7.04. The molecule has 0 unspecified atom stereocenters. The summed E-state index contributed by atoms with van der Waals surface area (Å²) < 4.78 is 0. The molecule has 0 saturated heterocycles. The number of hydrogen-bond acceptors (Lipinski definition) is 3. The van der Waals surface area contributed by atoms with Crippen molar-refractivity contribution in [3.63, 3.8) is 0 Å². The summed E-state index contributed by atoms with van der Waals surface area (Å²) in [6.07, 6.45) is 0. The van der Waals surface area contributed by atoms with E-state index in [0.29, 0.717) is 18.7 Å². The Labute approximate surface area is 107 Å². The summed E-state index contributed by atoms with van der Waals surface area (Å²) >= 11 is 0. The standard InChI is InChI=1S/C13H19N3O2/c1-3-16(9-12(17)15-2)13(18)11-6-4-10(8-14)5-7-11/h4-7H,3,8-9,14H2,1-2H3,(H,15,17). The zero-order valence-electron chi connectivity index (χ0n) is 10.8. The highest BCUT2D eigenvalue weighted by molar-refractivity contribution is 5.96. The highest BCUT2D eigenvalue weighted by Crippen LogP contribution is 2.07. The maximum absolute atomic E-state index is 12.1. The Morgan fingerprint density at radius 1 is 1.28 bits per heavy atom. The van der Waals surface area contributed by atoms with Crippen LogP contribution < -0.4 is 11.1 Å². The van der Waals surface area contributed by atoms with E-state index >= 15 is 0 Å². The van der Waals surface area contributed by atoms with E-state index in [-0.39, 0.29) is 18.4 Å². The van der Waals surface area contributed by atoms with Crippen molar-refractivity contribution in [1.82, 2.24) is 10.2 Å². The molecule has 18 heavy (non-hydrogen) atoms. The molecule has 1 rings (SSSR count). The summed E-state index contributed by atoms with van der Waals surface area (Å²) in [7, 11) is 1.55. The van der Waals surface area contributed by atoms with Crippen molar-refractivity contribution in [3.8, 4) is 0 Å². The van der Waals surface area contributed by atoms with Crippen molar-refractivity contribution in [2.45, 2.75) is 13.5 Å². The van der Waals surface area contributed by atoms with Gasteiger partial charge < -0.3 is 16.0 Å². The first kappa shape index (κ1) is 14.2. The molecule has 5 nitrogen and oxygen atoms in total. The highest BCUT2D eigenvalue weighted by Gasteiger charge is 2.16. The minimum absolute atomic E-state index is 0.0739. The van der Waals surface area contributed by atoms with Crippen LogP contribution in [0.5, 0.6) is 0 Å². The Balaban J connectivity index is 2.79. The molecule has 0 radical (unpaired) electrons. The van der Waals surface area contributed by atoms with E-state index in [1.54, 1.807) is 19.2 Å². The van der Waals surface area contributed by atoms with Crippen molar-refractivity contribution >= 4 is 11.8 Å². The third-order valence-corrected chi connectivity index (χ3v) is 2.72. The molecule has 0 atom stereocenters. The molecular formula is C13H19N3O2. The Hall–Kier alpha value is -1.88. The van der Waals surface area contributed by atoms with E-state index in [0.717, 1.165) is 5.56 Å². The van der Waals surface area contributed by atoms with Crippen molar-refractivity contribution in [2.75, 3.05) is 20.1 Å². The molecule has 0 spiro atoms. The van der Waals surface area contributed by atoms with Crippen LogP contribution in [0.1, 0.15) is 22.8 Å². The van der Waals surface area contributed by atoms with Gasteiger partial charge in [-0.05, 0) is 24.6 Å². The lowest BCUT2D eigenvalue weighted by molar-refractivity contribution is -0.121. The summed E-state index contributed by atoms with van der Waals surface area (Å²) in [5, 5.41) is 2.50. The van der Waals surface area contributed by atoms with Crippen molar-refractivity contribution in [1.29, 1.82) is 0 Å². The molecule has 2 amide bonds. The Morgan fingerprint density at radius 2 is 1.89 bits per heavy atom. The van der Waals surface area contributed by atoms with Crippen LogP contribution in [0.25, 0.3) is 0 Å². The number of nitrogens with zero attached hydrogens (tertiary/aromatic N) is 1. The normalized spacial score (nSPS) is 9.94. The second-order valence-electron chi connectivity index (χ2n) is 3.89. The zero-order valence-corrected chi connectivity index (χ0v) is 10.8. The van der Waals surface area contributed by atoms with E-state index in [9.17, 15) is 9.59 Å². The predicted molar refractivity (Wildman–Crippen MR) is 70.0 cm³/mol. The Kier molecular flexibility index (Phi) is 5.32. The lowest BCUT2D eigenvalue weighted by Crippen LogP contribution is -2.39. The van der Waals surface area contributed by atoms with Gasteiger partial charge in [0.2, 0.25) is 5.91 Å². The number of hydrogen-bond donors (Lipinski definition) is 2. The van der Waals surface area contributed by atoms with Gasteiger partial charge in [-0.15, -0.1) is 0 Å². The molecule has 0 aliphatic heterocycles. The van der Waals surface area contributed by atoms with Crippen LogP contribution in [0.4, 0.5) is 0 Å². The number of amides is 2. The van der Waals surface area contributed by atoms with Gasteiger partial charge >= 0.3 is 0 Å². The second kappa shape index (κ2) is 6.76. The van der Waals surface area contributed by atoms with Crippen molar-refractivity contribution < 1.29 is 9.59 Å². The van der Waals surface area contributed by atoms with Gasteiger partial charge in [0, 0.05) is 25.7 Å². The molecule has 0 aliphatic carbocycles. The van der Waals surface area contributed by atoms with Gasteiger partial charge in [-0.3, -0.25) is 9.59 Å². The SMILES string of the molecule is CCN(CC(=O)NC)C(=O)c1ccc(CN)cc1. The molecule has 0 fully saturated rings. The molecule has 1 aromatic rings. The van der Waals surface area contributed by atoms with Crippen LogP contribution in [0, 0.1) is 0 Å². The second-order valence-corrected chi connectivity index (χ2v) is 3.89. The summed E-state index contributed by atoms with van der Waals surface area (Å²) in [6, 6.07) is 7.11. The maximum Gasteiger partial charge on any atom is 0.254 e. The van der Waals surface area contributed by atoms with E-state index in [4.69, 9.17) is 5.73 Å². The van der Waals surface area contributed by atoms with E-state index < -0.39 is 0 Å². The number of likely N-dealkylation sites (N-methyl/N-ethyl adjacent to an activating group) is 2.